The molecule has 0 unspecified atom stereocenters. The molecule has 0 aromatic carbocycles. The van der Waals surface area contributed by atoms with E-state index in [1.54, 1.807) is 0 Å². The second-order valence-electron chi connectivity index (χ2n) is 11.1. The lowest BCUT2D eigenvalue weighted by Gasteiger charge is -2.46. The topological polar surface area (TPSA) is 44.8 Å². The van der Waals surface area contributed by atoms with Crippen molar-refractivity contribution in [2.45, 2.75) is 103 Å². The molecule has 2 atom stereocenters. The zero-order valence-electron chi connectivity index (χ0n) is 20.2. The molecule has 162 valence electrons. The van der Waals surface area contributed by atoms with Gasteiger partial charge in [0, 0.05) is 12.0 Å². The average molecular weight is 427 g/mol. The molecule has 0 aromatic heterocycles. The van der Waals surface area contributed by atoms with Gasteiger partial charge in [-0.15, -0.1) is 0 Å². The molecule has 0 spiro atoms. The minimum Gasteiger partial charge on any atom is -0.466 e. The number of rotatable bonds is 5. The third kappa shape index (κ3) is 5.26. The maximum absolute atomic E-state index is 12.5. The number of carbonyl (C=O) groups is 1. The average Bonchev–Trinajstić information content (AvgIpc) is 2.51. The quantitative estimate of drug-likeness (QED) is 0.297. The summed E-state index contributed by atoms with van der Waals surface area (Å²) in [6, 6.07) is 0. The molecular formula is C22H42O4Si2. The fraction of sp³-hybridized carbons (Fsp3) is 0.773. The molecule has 0 amide bonds. The molecule has 0 aliphatic heterocycles. The van der Waals surface area contributed by atoms with Crippen LogP contribution < -0.4 is 0 Å². The van der Waals surface area contributed by atoms with Gasteiger partial charge >= 0.3 is 5.97 Å². The van der Waals surface area contributed by atoms with Gasteiger partial charge in [0.05, 0.1) is 19.3 Å². The van der Waals surface area contributed by atoms with Gasteiger partial charge in [-0.2, -0.15) is 0 Å². The number of hydrogen-bond donors (Lipinski definition) is 0. The molecular weight excluding hydrogens is 384 g/mol. The highest BCUT2D eigenvalue weighted by Gasteiger charge is 2.46. The second kappa shape index (κ2) is 8.21. The zero-order valence-corrected chi connectivity index (χ0v) is 22.2. The van der Waals surface area contributed by atoms with Crippen molar-refractivity contribution < 1.29 is 18.4 Å². The lowest BCUT2D eigenvalue weighted by molar-refractivity contribution is -0.136. The van der Waals surface area contributed by atoms with E-state index in [4.69, 9.17) is 13.6 Å². The number of methoxy groups -OCH3 is 1. The van der Waals surface area contributed by atoms with Gasteiger partial charge in [-0.25, -0.2) is 4.79 Å². The molecule has 0 fully saturated rings. The largest absolute Gasteiger partial charge is 0.466 e. The monoisotopic (exact) mass is 426 g/mol. The first-order chi connectivity index (χ1) is 12.4. The fourth-order valence-corrected chi connectivity index (χ4v) is 5.31. The summed E-state index contributed by atoms with van der Waals surface area (Å²) in [6.45, 7) is 28.6. The predicted molar refractivity (Wildman–Crippen MR) is 123 cm³/mol. The molecule has 1 aliphatic rings. The first kappa shape index (κ1) is 25.3. The minimum absolute atomic E-state index is 0.0617. The Balaban J connectivity index is 3.37. The van der Waals surface area contributed by atoms with Crippen molar-refractivity contribution in [1.82, 2.24) is 0 Å². The van der Waals surface area contributed by atoms with Gasteiger partial charge in [0.2, 0.25) is 0 Å². The van der Waals surface area contributed by atoms with E-state index in [0.717, 1.165) is 11.1 Å². The Hall–Kier alpha value is -0.696. The molecule has 6 heteroatoms. The van der Waals surface area contributed by atoms with Gasteiger partial charge in [0.15, 0.2) is 16.6 Å². The number of hydrogen-bond acceptors (Lipinski definition) is 4. The van der Waals surface area contributed by atoms with Crippen molar-refractivity contribution in [3.05, 3.63) is 23.3 Å². The van der Waals surface area contributed by atoms with E-state index in [1.165, 1.54) is 7.11 Å². The molecule has 28 heavy (non-hydrogen) atoms. The van der Waals surface area contributed by atoms with Crippen LogP contribution in [-0.2, 0) is 18.4 Å². The molecule has 1 aliphatic carbocycles. The summed E-state index contributed by atoms with van der Waals surface area (Å²) in [7, 11) is -2.67. The van der Waals surface area contributed by atoms with Gasteiger partial charge in [-0.05, 0) is 54.3 Å². The molecule has 0 bridgehead atoms. The first-order valence-corrected chi connectivity index (χ1v) is 16.0. The highest BCUT2D eigenvalue weighted by molar-refractivity contribution is 6.74. The Kier molecular flexibility index (Phi) is 7.43. The van der Waals surface area contributed by atoms with E-state index in [-0.39, 0.29) is 28.3 Å². The molecule has 0 heterocycles. The molecule has 0 saturated heterocycles. The van der Waals surface area contributed by atoms with E-state index < -0.39 is 16.6 Å². The Morgan fingerprint density at radius 3 is 1.79 bits per heavy atom. The van der Waals surface area contributed by atoms with Crippen LogP contribution in [0.1, 0.15) is 54.9 Å². The molecule has 0 aromatic rings. The molecule has 0 N–H and O–H groups in total. The van der Waals surface area contributed by atoms with Crippen LogP contribution in [0, 0.1) is 0 Å². The van der Waals surface area contributed by atoms with Crippen LogP contribution in [0.4, 0.5) is 0 Å². The molecule has 0 saturated carbocycles. The van der Waals surface area contributed by atoms with Crippen molar-refractivity contribution in [3.63, 3.8) is 0 Å². The zero-order chi connectivity index (χ0) is 22.3. The molecule has 4 nitrogen and oxygen atoms in total. The third-order valence-electron chi connectivity index (χ3n) is 6.90. The van der Waals surface area contributed by atoms with Crippen LogP contribution in [0.2, 0.25) is 36.3 Å². The first-order valence-electron chi connectivity index (χ1n) is 10.2. The molecule has 0 radical (unpaired) electrons. The number of carbonyl (C=O) groups excluding carboxylic acids is 1. The highest BCUT2D eigenvalue weighted by Crippen LogP contribution is 2.44. The van der Waals surface area contributed by atoms with Crippen molar-refractivity contribution in [3.8, 4) is 0 Å². The Labute approximate surface area is 175 Å². The van der Waals surface area contributed by atoms with Gasteiger partial charge < -0.3 is 13.6 Å². The Morgan fingerprint density at radius 2 is 1.39 bits per heavy atom. The van der Waals surface area contributed by atoms with E-state index in [1.807, 2.05) is 6.92 Å². The maximum Gasteiger partial charge on any atom is 0.333 e. The van der Waals surface area contributed by atoms with Crippen molar-refractivity contribution in [1.29, 1.82) is 0 Å². The van der Waals surface area contributed by atoms with Crippen LogP contribution >= 0.6 is 0 Å². The van der Waals surface area contributed by atoms with Crippen LogP contribution in [-0.4, -0.2) is 41.9 Å². The summed E-state index contributed by atoms with van der Waals surface area (Å²) in [5, 5.41) is 0.136. The van der Waals surface area contributed by atoms with Crippen molar-refractivity contribution in [2.75, 3.05) is 7.11 Å². The van der Waals surface area contributed by atoms with Crippen molar-refractivity contribution in [2.24, 2.45) is 0 Å². The minimum atomic E-state index is -2.07. The van der Waals surface area contributed by atoms with E-state index in [2.05, 4.69) is 74.3 Å². The van der Waals surface area contributed by atoms with E-state index in [0.29, 0.717) is 12.0 Å². The SMILES string of the molecule is C=C1[C@H](O[Si](C)(C)C(C)(C)C)C(C)=C(C(=O)OC)C[C@H]1O[Si](C)(C)C(C)(C)C. The maximum atomic E-state index is 12.5. The lowest BCUT2D eigenvalue weighted by Crippen LogP contribution is -2.50. The smallest absolute Gasteiger partial charge is 0.333 e. The summed E-state index contributed by atoms with van der Waals surface area (Å²) in [6.07, 6.45) is -0.0340. The van der Waals surface area contributed by atoms with Gasteiger partial charge in [0.25, 0.3) is 0 Å². The third-order valence-corrected chi connectivity index (χ3v) is 15.8. The van der Waals surface area contributed by atoms with E-state index >= 15 is 0 Å². The molecule has 1 rings (SSSR count). The van der Waals surface area contributed by atoms with Gasteiger partial charge in [-0.1, -0.05) is 48.1 Å². The number of esters is 1. The Morgan fingerprint density at radius 1 is 0.964 bits per heavy atom. The highest BCUT2D eigenvalue weighted by atomic mass is 28.4. The Bertz CT molecular complexity index is 648. The summed E-state index contributed by atoms with van der Waals surface area (Å²) in [5.74, 6) is -0.294. The van der Waals surface area contributed by atoms with Gasteiger partial charge in [0.1, 0.15) is 0 Å². The van der Waals surface area contributed by atoms with Crippen LogP contribution in [0.15, 0.2) is 23.3 Å². The second-order valence-corrected chi connectivity index (χ2v) is 20.6. The summed E-state index contributed by atoms with van der Waals surface area (Å²) in [4.78, 5) is 12.5. The standard InChI is InChI=1S/C22H42O4Si2/c1-15-17(20(23)24-9)14-18(25-27(10,11)21(3,4)5)16(2)19(15)26-28(12,13)22(6,7)8/h18-19H,2,14H2,1,3-13H3/t18-,19-/m1/s1. The predicted octanol–water partition coefficient (Wildman–Crippen LogP) is 6.22. The van der Waals surface area contributed by atoms with Crippen LogP contribution in [0.5, 0.6) is 0 Å². The van der Waals surface area contributed by atoms with Crippen molar-refractivity contribution >= 4 is 22.6 Å². The van der Waals surface area contributed by atoms with E-state index in [9.17, 15) is 4.79 Å². The fourth-order valence-electron chi connectivity index (χ4n) is 2.74. The van der Waals surface area contributed by atoms with Crippen LogP contribution in [0.25, 0.3) is 0 Å². The lowest BCUT2D eigenvalue weighted by atomic mass is 9.85. The van der Waals surface area contributed by atoms with Crippen LogP contribution in [0.3, 0.4) is 0 Å². The summed E-state index contributed by atoms with van der Waals surface area (Å²) < 4.78 is 18.5. The normalized spacial score (nSPS) is 22.5. The summed E-state index contributed by atoms with van der Waals surface area (Å²) >= 11 is 0. The van der Waals surface area contributed by atoms with Gasteiger partial charge in [-0.3, -0.25) is 0 Å². The number of ether oxygens (including phenoxy) is 1. The summed E-state index contributed by atoms with van der Waals surface area (Å²) in [5.41, 5.74) is 2.51.